The molecule has 1 heterocycles. The van der Waals surface area contributed by atoms with Crippen LogP contribution in [0.25, 0.3) is 0 Å². The average molecular weight is 380 g/mol. The van der Waals surface area contributed by atoms with Gasteiger partial charge in [0.15, 0.2) is 0 Å². The van der Waals surface area contributed by atoms with Crippen LogP contribution >= 0.6 is 0 Å². The molecule has 4 N–H and O–H groups in total. The van der Waals surface area contributed by atoms with E-state index in [0.717, 1.165) is 49.7 Å². The van der Waals surface area contributed by atoms with Crippen molar-refractivity contribution in [2.45, 2.75) is 31.9 Å². The van der Waals surface area contributed by atoms with E-state index in [1.165, 1.54) is 18.1 Å². The molecule has 1 saturated heterocycles. The number of nitrogens with two attached hydrogens (primary N) is 1. The zero-order valence-electron chi connectivity index (χ0n) is 16.3. The fourth-order valence-electron chi connectivity index (χ4n) is 4.47. The Bertz CT molecular complexity index is 861. The summed E-state index contributed by atoms with van der Waals surface area (Å²) >= 11 is 0. The van der Waals surface area contributed by atoms with E-state index in [1.54, 1.807) is 0 Å². The molecule has 2 aromatic rings. The van der Waals surface area contributed by atoms with Gasteiger partial charge in [0.05, 0.1) is 17.5 Å². The van der Waals surface area contributed by atoms with Crippen LogP contribution in [-0.4, -0.2) is 54.2 Å². The lowest BCUT2D eigenvalue weighted by atomic mass is 9.85. The van der Waals surface area contributed by atoms with Crippen molar-refractivity contribution in [3.05, 3.63) is 53.6 Å². The molecule has 2 atom stereocenters. The number of amides is 1. The zero-order chi connectivity index (χ0) is 19.7. The summed E-state index contributed by atoms with van der Waals surface area (Å²) in [5.41, 5.74) is 11.1. The third-order valence-electron chi connectivity index (χ3n) is 5.87. The molecule has 2 aliphatic rings. The van der Waals surface area contributed by atoms with Gasteiger partial charge in [-0.15, -0.1) is 0 Å². The van der Waals surface area contributed by atoms with Gasteiger partial charge in [-0.3, -0.25) is 9.69 Å². The van der Waals surface area contributed by atoms with E-state index in [9.17, 15) is 9.90 Å². The number of carbonyl (C=O) groups is 1. The van der Waals surface area contributed by atoms with Gasteiger partial charge in [-0.2, -0.15) is 0 Å². The molecule has 1 amide bonds. The summed E-state index contributed by atoms with van der Waals surface area (Å²) in [6.45, 7) is 5.03. The molecule has 0 aromatic heterocycles. The van der Waals surface area contributed by atoms with Crippen LogP contribution in [0.15, 0.2) is 42.5 Å². The number of nitrogens with zero attached hydrogens (tertiary/aromatic N) is 2. The number of benzene rings is 2. The van der Waals surface area contributed by atoms with Crippen LogP contribution in [0.5, 0.6) is 0 Å². The first-order valence-electron chi connectivity index (χ1n) is 9.92. The highest BCUT2D eigenvalue weighted by molar-refractivity contribution is 5.92. The third-order valence-corrected chi connectivity index (χ3v) is 5.87. The number of rotatable bonds is 3. The number of aliphatic hydroxyl groups is 1. The number of fused-ring (bicyclic) bond motifs is 1. The molecule has 0 radical (unpaired) electrons. The highest BCUT2D eigenvalue weighted by atomic mass is 16.3. The molecule has 2 aromatic carbocycles. The highest BCUT2D eigenvalue weighted by Crippen LogP contribution is 2.30. The van der Waals surface area contributed by atoms with Crippen molar-refractivity contribution in [3.63, 3.8) is 0 Å². The van der Waals surface area contributed by atoms with Crippen LogP contribution in [0, 0.1) is 0 Å². The second-order valence-electron chi connectivity index (χ2n) is 7.79. The fourth-order valence-corrected chi connectivity index (χ4v) is 4.47. The smallest absolute Gasteiger partial charge is 0.221 e. The molecule has 4 rings (SSSR count). The Balaban J connectivity index is 1.44. The van der Waals surface area contributed by atoms with Crippen LogP contribution in [0.3, 0.4) is 0 Å². The first kappa shape index (κ1) is 18.8. The number of carbonyl (C=O) groups excluding carboxylic acids is 1. The van der Waals surface area contributed by atoms with Crippen molar-refractivity contribution in [2.75, 3.05) is 42.1 Å². The highest BCUT2D eigenvalue weighted by Gasteiger charge is 2.33. The number of nitrogens with one attached hydrogen (secondary N) is 1. The Labute approximate surface area is 165 Å². The van der Waals surface area contributed by atoms with Crippen molar-refractivity contribution in [2.24, 2.45) is 0 Å². The molecule has 0 spiro atoms. The van der Waals surface area contributed by atoms with Crippen LogP contribution in [0.4, 0.5) is 17.1 Å². The van der Waals surface area contributed by atoms with E-state index in [4.69, 9.17) is 5.73 Å². The van der Waals surface area contributed by atoms with Crippen LogP contribution < -0.4 is 16.0 Å². The molecule has 6 nitrogen and oxygen atoms in total. The van der Waals surface area contributed by atoms with Gasteiger partial charge in [0.25, 0.3) is 0 Å². The van der Waals surface area contributed by atoms with Crippen LogP contribution in [-0.2, 0) is 17.6 Å². The second-order valence-corrected chi connectivity index (χ2v) is 7.79. The van der Waals surface area contributed by atoms with E-state index in [2.05, 4.69) is 21.2 Å². The number of aliphatic hydroxyl groups excluding tert-OH is 1. The lowest BCUT2D eigenvalue weighted by Crippen LogP contribution is -2.56. The lowest BCUT2D eigenvalue weighted by Gasteiger charge is -2.44. The molecule has 0 saturated carbocycles. The van der Waals surface area contributed by atoms with Gasteiger partial charge in [0.1, 0.15) is 0 Å². The maximum absolute atomic E-state index is 11.5. The van der Waals surface area contributed by atoms with Crippen molar-refractivity contribution < 1.29 is 9.90 Å². The molecule has 1 fully saturated rings. The van der Waals surface area contributed by atoms with Crippen molar-refractivity contribution in [1.29, 1.82) is 0 Å². The molecular weight excluding hydrogens is 352 g/mol. The van der Waals surface area contributed by atoms with Gasteiger partial charge in [0, 0.05) is 51.3 Å². The standard InChI is InChI=1S/C22H28N4O2/c1-15(27)24-19-4-2-3-5-20(19)25-8-10-26(11-9-25)21-13-17-12-18(23)7-6-16(17)14-22(21)28/h2-7,12,21-22,28H,8-11,13-14,23H2,1H3,(H,24,27)/t21-,22-/m0/s1. The molecule has 1 aliphatic heterocycles. The maximum Gasteiger partial charge on any atom is 0.221 e. The Morgan fingerprint density at radius 2 is 1.82 bits per heavy atom. The molecule has 1 aliphatic carbocycles. The Morgan fingerprint density at radius 3 is 2.57 bits per heavy atom. The van der Waals surface area contributed by atoms with E-state index >= 15 is 0 Å². The number of anilines is 3. The topological polar surface area (TPSA) is 81.8 Å². The summed E-state index contributed by atoms with van der Waals surface area (Å²) < 4.78 is 0. The SMILES string of the molecule is CC(=O)Nc1ccccc1N1CCN([C@H]2Cc3cc(N)ccc3C[C@@H]2O)CC1. The third kappa shape index (κ3) is 3.84. The minimum Gasteiger partial charge on any atom is -0.399 e. The van der Waals surface area contributed by atoms with E-state index < -0.39 is 0 Å². The number of hydrogen-bond acceptors (Lipinski definition) is 5. The Morgan fingerprint density at radius 1 is 1.07 bits per heavy atom. The quantitative estimate of drug-likeness (QED) is 0.709. The first-order valence-corrected chi connectivity index (χ1v) is 9.92. The first-order chi connectivity index (χ1) is 13.5. The molecule has 28 heavy (non-hydrogen) atoms. The summed E-state index contributed by atoms with van der Waals surface area (Å²) in [4.78, 5) is 16.2. The molecule has 0 unspecified atom stereocenters. The molecular formula is C22H28N4O2. The van der Waals surface area contributed by atoms with Gasteiger partial charge >= 0.3 is 0 Å². The molecule has 0 bridgehead atoms. The van der Waals surface area contributed by atoms with Gasteiger partial charge < -0.3 is 21.1 Å². The zero-order valence-corrected chi connectivity index (χ0v) is 16.3. The average Bonchev–Trinajstić information content (AvgIpc) is 2.68. The number of piperazine rings is 1. The minimum atomic E-state index is -0.352. The fraction of sp³-hybridized carbons (Fsp3) is 0.409. The minimum absolute atomic E-state index is 0.0608. The van der Waals surface area contributed by atoms with Gasteiger partial charge in [-0.25, -0.2) is 0 Å². The van der Waals surface area contributed by atoms with Gasteiger partial charge in [-0.05, 0) is 41.8 Å². The van der Waals surface area contributed by atoms with E-state index in [1.807, 2.05) is 36.4 Å². The Kier molecular flexibility index (Phi) is 5.24. The predicted molar refractivity (Wildman–Crippen MR) is 113 cm³/mol. The van der Waals surface area contributed by atoms with Crippen molar-refractivity contribution >= 4 is 23.0 Å². The number of nitrogen functional groups attached to an aromatic ring is 1. The summed E-state index contributed by atoms with van der Waals surface area (Å²) in [5.74, 6) is -0.0608. The van der Waals surface area contributed by atoms with Crippen molar-refractivity contribution in [3.8, 4) is 0 Å². The summed E-state index contributed by atoms with van der Waals surface area (Å²) in [6, 6.07) is 14.1. The monoisotopic (exact) mass is 380 g/mol. The predicted octanol–water partition coefficient (Wildman–Crippen LogP) is 1.88. The van der Waals surface area contributed by atoms with E-state index in [0.29, 0.717) is 6.42 Å². The van der Waals surface area contributed by atoms with Crippen LogP contribution in [0.2, 0.25) is 0 Å². The number of hydrogen-bond donors (Lipinski definition) is 3. The summed E-state index contributed by atoms with van der Waals surface area (Å²) in [7, 11) is 0. The molecule has 148 valence electrons. The van der Waals surface area contributed by atoms with E-state index in [-0.39, 0.29) is 18.1 Å². The maximum atomic E-state index is 11.5. The van der Waals surface area contributed by atoms with Crippen molar-refractivity contribution in [1.82, 2.24) is 4.90 Å². The summed E-state index contributed by atoms with van der Waals surface area (Å²) in [5, 5.41) is 13.7. The number of para-hydroxylation sites is 2. The van der Waals surface area contributed by atoms with Gasteiger partial charge in [-0.1, -0.05) is 18.2 Å². The molecule has 6 heteroatoms. The van der Waals surface area contributed by atoms with Crippen LogP contribution in [0.1, 0.15) is 18.1 Å². The largest absolute Gasteiger partial charge is 0.399 e. The van der Waals surface area contributed by atoms with Gasteiger partial charge in [0.2, 0.25) is 5.91 Å². The second kappa shape index (κ2) is 7.81. The lowest BCUT2D eigenvalue weighted by molar-refractivity contribution is -0.114. The normalized spacial score (nSPS) is 22.6. The summed E-state index contributed by atoms with van der Waals surface area (Å²) in [6.07, 6.45) is 1.17. The Hall–Kier alpha value is -2.57.